The van der Waals surface area contributed by atoms with E-state index in [4.69, 9.17) is 0 Å². The number of aromatic hydroxyl groups is 1. The molecule has 0 radical (unpaired) electrons. The van der Waals surface area contributed by atoms with Crippen LogP contribution in [0.1, 0.15) is 57.4 Å². The first-order chi connectivity index (χ1) is 10.5. The summed E-state index contributed by atoms with van der Waals surface area (Å²) in [5.41, 5.74) is 0.253. The van der Waals surface area contributed by atoms with Crippen molar-refractivity contribution < 1.29 is 14.8 Å². The van der Waals surface area contributed by atoms with Gasteiger partial charge >= 0.3 is 5.69 Å². The highest BCUT2D eigenvalue weighted by Gasteiger charge is 2.13. The lowest BCUT2D eigenvalue weighted by Gasteiger charge is -2.06. The Morgan fingerprint density at radius 2 is 1.91 bits per heavy atom. The molecule has 0 fully saturated rings. The van der Waals surface area contributed by atoms with E-state index in [2.05, 4.69) is 12.2 Å². The van der Waals surface area contributed by atoms with Gasteiger partial charge in [0.15, 0.2) is 5.75 Å². The number of nitrogens with zero attached hydrogens (tertiary/aromatic N) is 1. The third kappa shape index (κ3) is 6.56. The fourth-order valence-electron chi connectivity index (χ4n) is 2.18. The maximum absolute atomic E-state index is 11.7. The number of nitro benzene ring substituents is 1. The van der Waals surface area contributed by atoms with E-state index in [9.17, 15) is 20.0 Å². The molecule has 0 saturated carbocycles. The van der Waals surface area contributed by atoms with Gasteiger partial charge in [0.25, 0.3) is 0 Å². The van der Waals surface area contributed by atoms with Gasteiger partial charge in [0.1, 0.15) is 0 Å². The van der Waals surface area contributed by atoms with Crippen LogP contribution in [0.15, 0.2) is 18.2 Å². The van der Waals surface area contributed by atoms with Crippen LogP contribution < -0.4 is 5.32 Å². The largest absolute Gasteiger partial charge is 0.502 e. The Morgan fingerprint density at radius 1 is 1.23 bits per heavy atom. The lowest BCUT2D eigenvalue weighted by molar-refractivity contribution is -0.385. The Bertz CT molecular complexity index is 503. The lowest BCUT2D eigenvalue weighted by Crippen LogP contribution is -2.22. The van der Waals surface area contributed by atoms with Crippen molar-refractivity contribution in [1.82, 2.24) is 5.32 Å². The molecule has 1 aromatic rings. The van der Waals surface area contributed by atoms with E-state index >= 15 is 0 Å². The van der Waals surface area contributed by atoms with E-state index in [1.165, 1.54) is 31.4 Å². The first-order valence-electron chi connectivity index (χ1n) is 7.77. The molecule has 6 heteroatoms. The molecule has 0 aromatic heterocycles. The monoisotopic (exact) mass is 308 g/mol. The van der Waals surface area contributed by atoms with E-state index in [-0.39, 0.29) is 23.9 Å². The number of hydrogen-bond acceptors (Lipinski definition) is 4. The fourth-order valence-corrected chi connectivity index (χ4v) is 2.18. The molecule has 0 saturated heterocycles. The molecule has 6 nitrogen and oxygen atoms in total. The smallest absolute Gasteiger partial charge is 0.311 e. The zero-order valence-electron chi connectivity index (χ0n) is 13.0. The molecule has 0 aliphatic carbocycles. The minimum atomic E-state index is -0.642. The van der Waals surface area contributed by atoms with E-state index < -0.39 is 4.92 Å². The van der Waals surface area contributed by atoms with Gasteiger partial charge < -0.3 is 10.4 Å². The highest BCUT2D eigenvalue weighted by Crippen LogP contribution is 2.26. The number of carbonyl (C=O) groups is 1. The topological polar surface area (TPSA) is 92.5 Å². The minimum Gasteiger partial charge on any atom is -0.502 e. The van der Waals surface area contributed by atoms with Crippen molar-refractivity contribution in [3.63, 3.8) is 0 Å². The van der Waals surface area contributed by atoms with Crippen molar-refractivity contribution in [2.75, 3.05) is 0 Å². The summed E-state index contributed by atoms with van der Waals surface area (Å²) in [6.07, 6.45) is 7.22. The van der Waals surface area contributed by atoms with E-state index in [0.29, 0.717) is 12.0 Å². The number of phenolic OH excluding ortho intramolecular Hbond substituents is 1. The van der Waals surface area contributed by atoms with Gasteiger partial charge in [0.05, 0.1) is 4.92 Å². The molecular weight excluding hydrogens is 284 g/mol. The summed E-state index contributed by atoms with van der Waals surface area (Å²) >= 11 is 0. The molecule has 1 aromatic carbocycles. The zero-order valence-corrected chi connectivity index (χ0v) is 13.0. The Morgan fingerprint density at radius 3 is 2.59 bits per heavy atom. The van der Waals surface area contributed by atoms with E-state index in [0.717, 1.165) is 19.3 Å². The normalized spacial score (nSPS) is 10.4. The second-order valence-corrected chi connectivity index (χ2v) is 5.37. The van der Waals surface area contributed by atoms with Gasteiger partial charge in [-0.3, -0.25) is 14.9 Å². The van der Waals surface area contributed by atoms with Crippen LogP contribution in [0.3, 0.4) is 0 Å². The third-order valence-corrected chi connectivity index (χ3v) is 3.48. The molecule has 0 bridgehead atoms. The summed E-state index contributed by atoms with van der Waals surface area (Å²) in [4.78, 5) is 21.8. The van der Waals surface area contributed by atoms with Crippen molar-refractivity contribution >= 4 is 11.6 Å². The van der Waals surface area contributed by atoms with Crippen molar-refractivity contribution in [3.05, 3.63) is 33.9 Å². The summed E-state index contributed by atoms with van der Waals surface area (Å²) in [5.74, 6) is -0.418. The van der Waals surface area contributed by atoms with Crippen LogP contribution in [0.5, 0.6) is 5.75 Å². The standard InChI is InChI=1S/C16H24N2O4/c1-2-3-4-5-6-7-8-16(20)17-12-13-9-10-15(19)14(11-13)18(21)22/h9-11,19H,2-8,12H2,1H3,(H,17,20). The predicted molar refractivity (Wildman–Crippen MR) is 84.6 cm³/mol. The maximum Gasteiger partial charge on any atom is 0.311 e. The maximum atomic E-state index is 11.7. The van der Waals surface area contributed by atoms with Gasteiger partial charge in [0, 0.05) is 19.0 Å². The molecule has 0 unspecified atom stereocenters. The van der Waals surface area contributed by atoms with Gasteiger partial charge in [0.2, 0.25) is 5.91 Å². The second-order valence-electron chi connectivity index (χ2n) is 5.37. The summed E-state index contributed by atoms with van der Waals surface area (Å²) in [5, 5.41) is 22.8. The highest BCUT2D eigenvalue weighted by atomic mass is 16.6. The molecule has 1 amide bonds. The number of unbranched alkanes of at least 4 members (excludes halogenated alkanes) is 5. The first kappa shape index (κ1) is 17.9. The first-order valence-corrected chi connectivity index (χ1v) is 7.77. The lowest BCUT2D eigenvalue weighted by atomic mass is 10.1. The quantitative estimate of drug-likeness (QED) is 0.392. The Labute approximate surface area is 130 Å². The predicted octanol–water partition coefficient (Wildman–Crippen LogP) is 3.67. The molecule has 0 atom stereocenters. The number of benzene rings is 1. The van der Waals surface area contributed by atoms with Crippen LogP contribution in [0, 0.1) is 10.1 Å². The van der Waals surface area contributed by atoms with Crippen LogP contribution in [0.4, 0.5) is 5.69 Å². The van der Waals surface area contributed by atoms with E-state index in [1.807, 2.05) is 0 Å². The van der Waals surface area contributed by atoms with Gasteiger partial charge in [-0.05, 0) is 18.1 Å². The van der Waals surface area contributed by atoms with Gasteiger partial charge in [-0.1, -0.05) is 45.1 Å². The average molecular weight is 308 g/mol. The number of nitro groups is 1. The molecule has 122 valence electrons. The van der Waals surface area contributed by atoms with Crippen molar-refractivity contribution in [2.45, 2.75) is 58.4 Å². The molecule has 2 N–H and O–H groups in total. The Balaban J connectivity index is 2.29. The highest BCUT2D eigenvalue weighted by molar-refractivity contribution is 5.75. The fraction of sp³-hybridized carbons (Fsp3) is 0.562. The van der Waals surface area contributed by atoms with Crippen molar-refractivity contribution in [3.8, 4) is 5.75 Å². The molecule has 0 spiro atoms. The SMILES string of the molecule is CCCCCCCCC(=O)NCc1ccc(O)c([N+](=O)[O-])c1. The van der Waals surface area contributed by atoms with Gasteiger partial charge in [-0.25, -0.2) is 0 Å². The summed E-state index contributed by atoms with van der Waals surface area (Å²) in [6, 6.07) is 4.11. The number of rotatable bonds is 10. The molecule has 1 rings (SSSR count). The van der Waals surface area contributed by atoms with E-state index in [1.54, 1.807) is 6.07 Å². The second kappa shape index (κ2) is 9.76. The number of carbonyl (C=O) groups excluding carboxylic acids is 1. The summed E-state index contributed by atoms with van der Waals surface area (Å²) < 4.78 is 0. The van der Waals surface area contributed by atoms with Gasteiger partial charge in [-0.2, -0.15) is 0 Å². The van der Waals surface area contributed by atoms with Crippen molar-refractivity contribution in [1.29, 1.82) is 0 Å². The number of hydrogen-bond donors (Lipinski definition) is 2. The number of amides is 1. The van der Waals surface area contributed by atoms with Crippen LogP contribution in [0.25, 0.3) is 0 Å². The summed E-state index contributed by atoms with van der Waals surface area (Å²) in [7, 11) is 0. The van der Waals surface area contributed by atoms with Crippen LogP contribution >= 0.6 is 0 Å². The van der Waals surface area contributed by atoms with Gasteiger partial charge in [-0.15, -0.1) is 0 Å². The molecule has 0 aliphatic heterocycles. The van der Waals surface area contributed by atoms with Crippen LogP contribution in [-0.2, 0) is 11.3 Å². The number of phenols is 1. The molecule has 22 heavy (non-hydrogen) atoms. The van der Waals surface area contributed by atoms with Crippen LogP contribution in [-0.4, -0.2) is 15.9 Å². The Kier molecular flexibility index (Phi) is 7.96. The third-order valence-electron chi connectivity index (χ3n) is 3.48. The summed E-state index contributed by atoms with van der Waals surface area (Å²) in [6.45, 7) is 2.40. The molecule has 0 heterocycles. The van der Waals surface area contributed by atoms with Crippen molar-refractivity contribution in [2.24, 2.45) is 0 Å². The van der Waals surface area contributed by atoms with Crippen LogP contribution in [0.2, 0.25) is 0 Å². The Hall–Kier alpha value is -2.11. The average Bonchev–Trinajstić information content (AvgIpc) is 2.49. The molecular formula is C16H24N2O4. The number of nitrogens with one attached hydrogen (secondary N) is 1. The zero-order chi connectivity index (χ0) is 16.4. The molecule has 0 aliphatic rings. The minimum absolute atomic E-state index is 0.0498.